The summed E-state index contributed by atoms with van der Waals surface area (Å²) in [6, 6.07) is 22.8. The number of nitrogens with one attached hydrogen (secondary N) is 2. The average molecular weight is 593 g/mol. The zero-order valence-corrected chi connectivity index (χ0v) is 24.3. The van der Waals surface area contributed by atoms with E-state index < -0.39 is 12.3 Å². The Morgan fingerprint density at radius 2 is 1.45 bits per heavy atom. The lowest BCUT2D eigenvalue weighted by Crippen LogP contribution is -2.31. The fraction of sp³-hybridized carbons (Fsp3) is 0.344. The molecule has 2 amide bonds. The van der Waals surface area contributed by atoms with Crippen LogP contribution in [0.25, 0.3) is 0 Å². The Hall–Kier alpha value is -3.70. The van der Waals surface area contributed by atoms with Gasteiger partial charge in [0.1, 0.15) is 0 Å². The Kier molecular flexibility index (Phi) is 11.5. The summed E-state index contributed by atoms with van der Waals surface area (Å²) in [6.07, 6.45) is 1.00. The molecule has 1 aliphatic heterocycles. The number of anilines is 2. The van der Waals surface area contributed by atoms with E-state index in [1.165, 1.54) is 6.92 Å². The molecule has 3 aromatic rings. The Labute approximate surface area is 249 Å². The summed E-state index contributed by atoms with van der Waals surface area (Å²) in [5.41, 5.74) is 4.04. The van der Waals surface area contributed by atoms with Crippen molar-refractivity contribution in [2.75, 3.05) is 16.4 Å². The highest BCUT2D eigenvalue weighted by Gasteiger charge is 2.32. The van der Waals surface area contributed by atoms with Crippen molar-refractivity contribution >= 4 is 40.9 Å². The molecule has 4 rings (SSSR count). The quantitative estimate of drug-likeness (QED) is 0.139. The molecule has 0 saturated carbocycles. The largest absolute Gasteiger partial charge is 0.481 e. The molecule has 0 radical (unpaired) electrons. The first kappa shape index (κ1) is 31.2. The van der Waals surface area contributed by atoms with Crippen LogP contribution in [0.5, 0.6) is 0 Å². The van der Waals surface area contributed by atoms with Crippen molar-refractivity contribution < 1.29 is 34.1 Å². The molecule has 0 unspecified atom stereocenters. The number of aliphatic carboxylic acids is 1. The van der Waals surface area contributed by atoms with E-state index in [1.54, 1.807) is 23.9 Å². The van der Waals surface area contributed by atoms with Gasteiger partial charge < -0.3 is 30.3 Å². The number of hydrogen-bond donors (Lipinski definition) is 4. The number of carboxylic acids is 1. The zero-order chi connectivity index (χ0) is 29.9. The van der Waals surface area contributed by atoms with Gasteiger partial charge in [-0.3, -0.25) is 14.4 Å². The topological polar surface area (TPSA) is 134 Å². The third-order valence-corrected chi connectivity index (χ3v) is 7.88. The number of aliphatic hydroxyl groups excluding tert-OH is 1. The van der Waals surface area contributed by atoms with Gasteiger partial charge in [-0.05, 0) is 60.4 Å². The van der Waals surface area contributed by atoms with E-state index in [-0.39, 0.29) is 43.5 Å². The number of unbranched alkanes of at least 4 members (excludes halogenated alkanes) is 1. The standard InChI is InChI=1S/C32H36N2O7S/c1-21(36)33-25-14-16-28(17-15-25)42-20-27-18-29(23-8-6-22(19-35)7-9-23)41-32(40-27)24-10-12-26(13-11-24)34-30(37)4-2-3-5-31(38)39/h6-17,27,29,32,35H,2-5,18-20H2,1H3,(H,33,36)(H,34,37)(H,38,39)/t27-,29+,32+/m0/s1. The van der Waals surface area contributed by atoms with Crippen molar-refractivity contribution in [3.05, 3.63) is 89.5 Å². The first-order valence-corrected chi connectivity index (χ1v) is 14.9. The van der Waals surface area contributed by atoms with Gasteiger partial charge >= 0.3 is 5.97 Å². The normalized spacial score (nSPS) is 18.3. The number of rotatable bonds is 13. The number of benzene rings is 3. The first-order chi connectivity index (χ1) is 20.3. The Bertz CT molecular complexity index is 1330. The van der Waals surface area contributed by atoms with E-state index in [0.29, 0.717) is 30.7 Å². The van der Waals surface area contributed by atoms with Gasteiger partial charge in [0.05, 0.1) is 18.8 Å². The number of ether oxygens (including phenoxy) is 2. The number of amides is 2. The number of carbonyl (C=O) groups excluding carboxylic acids is 2. The van der Waals surface area contributed by atoms with Crippen LogP contribution in [0.15, 0.2) is 77.7 Å². The molecule has 10 heteroatoms. The lowest BCUT2D eigenvalue weighted by molar-refractivity contribution is -0.245. The summed E-state index contributed by atoms with van der Waals surface area (Å²) in [5, 5.41) is 23.8. The van der Waals surface area contributed by atoms with Gasteiger partial charge in [-0.2, -0.15) is 0 Å². The molecular weight excluding hydrogens is 556 g/mol. The van der Waals surface area contributed by atoms with Crippen molar-refractivity contribution in [1.82, 2.24) is 0 Å². The third-order valence-electron chi connectivity index (χ3n) is 6.74. The molecule has 0 aliphatic carbocycles. The summed E-state index contributed by atoms with van der Waals surface area (Å²) in [7, 11) is 0. The molecule has 4 N–H and O–H groups in total. The molecule has 222 valence electrons. The minimum absolute atomic E-state index is 0.0250. The average Bonchev–Trinajstić information content (AvgIpc) is 2.99. The maximum Gasteiger partial charge on any atom is 0.303 e. The highest BCUT2D eigenvalue weighted by molar-refractivity contribution is 7.99. The number of hydrogen-bond acceptors (Lipinski definition) is 7. The van der Waals surface area contributed by atoms with Crippen molar-refractivity contribution in [2.24, 2.45) is 0 Å². The molecular formula is C32H36N2O7S. The SMILES string of the molecule is CC(=O)Nc1ccc(SC[C@@H]2C[C@H](c3ccc(CO)cc3)O[C@H](c3ccc(NC(=O)CCCCC(=O)O)cc3)O2)cc1. The van der Waals surface area contributed by atoms with Gasteiger partial charge in [-0.25, -0.2) is 0 Å². The zero-order valence-electron chi connectivity index (χ0n) is 23.5. The van der Waals surface area contributed by atoms with Crippen LogP contribution in [0.4, 0.5) is 11.4 Å². The molecule has 9 nitrogen and oxygen atoms in total. The second kappa shape index (κ2) is 15.5. The fourth-order valence-corrected chi connectivity index (χ4v) is 5.48. The van der Waals surface area contributed by atoms with Crippen molar-refractivity contribution in [3.63, 3.8) is 0 Å². The van der Waals surface area contributed by atoms with E-state index in [4.69, 9.17) is 14.6 Å². The van der Waals surface area contributed by atoms with Crippen molar-refractivity contribution in [1.29, 1.82) is 0 Å². The molecule has 0 spiro atoms. The van der Waals surface area contributed by atoms with Crippen LogP contribution < -0.4 is 10.6 Å². The van der Waals surface area contributed by atoms with E-state index in [1.807, 2.05) is 60.7 Å². The molecule has 1 saturated heterocycles. The molecule has 3 atom stereocenters. The van der Waals surface area contributed by atoms with E-state index in [2.05, 4.69) is 10.6 Å². The lowest BCUT2D eigenvalue weighted by Gasteiger charge is -2.36. The number of aliphatic hydroxyl groups is 1. The maximum absolute atomic E-state index is 12.2. The smallest absolute Gasteiger partial charge is 0.303 e. The number of carboxylic acid groups (broad SMARTS) is 1. The molecule has 1 heterocycles. The van der Waals surface area contributed by atoms with Gasteiger partial charge in [0.15, 0.2) is 6.29 Å². The van der Waals surface area contributed by atoms with Crippen molar-refractivity contribution in [2.45, 2.75) is 69.0 Å². The van der Waals surface area contributed by atoms with Crippen LogP contribution in [-0.4, -0.2) is 39.9 Å². The molecule has 1 fully saturated rings. The fourth-order valence-electron chi connectivity index (χ4n) is 4.56. The van der Waals surface area contributed by atoms with Gasteiger partial charge in [0, 0.05) is 53.8 Å². The number of thioether (sulfide) groups is 1. The van der Waals surface area contributed by atoms with Crippen LogP contribution in [0.2, 0.25) is 0 Å². The lowest BCUT2D eigenvalue weighted by atomic mass is 10.0. The summed E-state index contributed by atoms with van der Waals surface area (Å²) in [5.74, 6) is -0.438. The predicted molar refractivity (Wildman–Crippen MR) is 161 cm³/mol. The van der Waals surface area contributed by atoms with Crippen LogP contribution in [0.3, 0.4) is 0 Å². The maximum atomic E-state index is 12.2. The predicted octanol–water partition coefficient (Wildman–Crippen LogP) is 6.06. The van der Waals surface area contributed by atoms with E-state index in [0.717, 1.165) is 27.3 Å². The summed E-state index contributed by atoms with van der Waals surface area (Å²) < 4.78 is 12.8. The molecule has 1 aliphatic rings. The molecule has 0 aromatic heterocycles. The van der Waals surface area contributed by atoms with E-state index >= 15 is 0 Å². The highest BCUT2D eigenvalue weighted by atomic mass is 32.2. The van der Waals surface area contributed by atoms with Crippen LogP contribution >= 0.6 is 11.8 Å². The summed E-state index contributed by atoms with van der Waals surface area (Å²) >= 11 is 1.67. The monoisotopic (exact) mass is 592 g/mol. The minimum atomic E-state index is -0.860. The number of carbonyl (C=O) groups is 3. The molecule has 3 aromatic carbocycles. The molecule has 0 bridgehead atoms. The minimum Gasteiger partial charge on any atom is -0.481 e. The third kappa shape index (κ3) is 9.70. The second-order valence-electron chi connectivity index (χ2n) is 10.1. The van der Waals surface area contributed by atoms with Crippen LogP contribution in [0.1, 0.15) is 68.1 Å². The van der Waals surface area contributed by atoms with Crippen LogP contribution in [-0.2, 0) is 30.5 Å². The van der Waals surface area contributed by atoms with Gasteiger partial charge in [0.2, 0.25) is 11.8 Å². The van der Waals surface area contributed by atoms with Gasteiger partial charge in [-0.1, -0.05) is 36.4 Å². The second-order valence-corrected chi connectivity index (χ2v) is 11.2. The summed E-state index contributed by atoms with van der Waals surface area (Å²) in [4.78, 5) is 35.2. The van der Waals surface area contributed by atoms with Gasteiger partial charge in [0.25, 0.3) is 0 Å². The Morgan fingerprint density at radius 1 is 0.833 bits per heavy atom. The molecule has 42 heavy (non-hydrogen) atoms. The first-order valence-electron chi connectivity index (χ1n) is 13.9. The van der Waals surface area contributed by atoms with E-state index in [9.17, 15) is 19.5 Å². The highest BCUT2D eigenvalue weighted by Crippen LogP contribution is 2.39. The Balaban J connectivity index is 1.41. The van der Waals surface area contributed by atoms with Crippen molar-refractivity contribution in [3.8, 4) is 0 Å². The summed E-state index contributed by atoms with van der Waals surface area (Å²) in [6.45, 7) is 1.45. The Morgan fingerprint density at radius 3 is 2.10 bits per heavy atom. The van der Waals surface area contributed by atoms with Crippen LogP contribution in [0, 0.1) is 0 Å². The van der Waals surface area contributed by atoms with Gasteiger partial charge in [-0.15, -0.1) is 11.8 Å².